The molecule has 1 aromatic rings. The van der Waals surface area contributed by atoms with E-state index >= 15 is 0 Å². The summed E-state index contributed by atoms with van der Waals surface area (Å²) in [6.45, 7) is 0.758. The van der Waals surface area contributed by atoms with Gasteiger partial charge in [0.2, 0.25) is 0 Å². The lowest BCUT2D eigenvalue weighted by molar-refractivity contribution is 0.133. The number of hydrogen-bond acceptors (Lipinski definition) is 3. The largest absolute Gasteiger partial charge is 0.387 e. The summed E-state index contributed by atoms with van der Waals surface area (Å²) >= 11 is 3.25. The maximum atomic E-state index is 13.5. The first kappa shape index (κ1) is 14.6. The van der Waals surface area contributed by atoms with Crippen LogP contribution in [0.15, 0.2) is 22.7 Å². The minimum absolute atomic E-state index is 0.241. The summed E-state index contributed by atoms with van der Waals surface area (Å²) in [5, 5.41) is 10.0. The molecule has 0 heterocycles. The minimum Gasteiger partial charge on any atom is -0.387 e. The highest BCUT2D eigenvalue weighted by Gasteiger charge is 2.20. The van der Waals surface area contributed by atoms with Crippen molar-refractivity contribution in [3.63, 3.8) is 0 Å². The summed E-state index contributed by atoms with van der Waals surface area (Å²) in [7, 11) is 3.86. The van der Waals surface area contributed by atoms with Crippen LogP contribution in [0, 0.1) is 5.82 Å². The van der Waals surface area contributed by atoms with Crippen molar-refractivity contribution in [1.29, 1.82) is 0 Å². The molecule has 0 amide bonds. The number of aliphatic hydroxyl groups is 1. The summed E-state index contributed by atoms with van der Waals surface area (Å²) in [4.78, 5) is 1.98. The molecule has 1 aromatic carbocycles. The highest BCUT2D eigenvalue weighted by atomic mass is 79.9. The van der Waals surface area contributed by atoms with Crippen LogP contribution in [0.3, 0.4) is 0 Å². The molecule has 17 heavy (non-hydrogen) atoms. The first-order chi connectivity index (χ1) is 7.91. The second-order valence-corrected chi connectivity index (χ2v) is 5.28. The fourth-order valence-corrected chi connectivity index (χ4v) is 1.92. The van der Waals surface area contributed by atoms with Crippen molar-refractivity contribution in [2.24, 2.45) is 5.73 Å². The lowest BCUT2D eigenvalue weighted by atomic mass is 10.00. The smallest absolute Gasteiger partial charge is 0.129 e. The third-order valence-corrected chi connectivity index (χ3v) is 3.09. The average molecular weight is 305 g/mol. The maximum absolute atomic E-state index is 13.5. The number of nitrogens with zero attached hydrogens (tertiary/aromatic N) is 1. The molecule has 96 valence electrons. The van der Waals surface area contributed by atoms with E-state index in [4.69, 9.17) is 5.73 Å². The SMILES string of the molecule is CN(C)CCC(N)C(O)c1cc(Br)ccc1F. The molecule has 2 atom stereocenters. The molecule has 0 aromatic heterocycles. The Hall–Kier alpha value is -0.490. The van der Waals surface area contributed by atoms with Crippen LogP contribution in [0.4, 0.5) is 4.39 Å². The normalized spacial score (nSPS) is 15.0. The Balaban J connectivity index is 2.74. The Morgan fingerprint density at radius 1 is 1.47 bits per heavy atom. The van der Waals surface area contributed by atoms with Crippen molar-refractivity contribution in [3.8, 4) is 0 Å². The Morgan fingerprint density at radius 3 is 2.71 bits per heavy atom. The molecule has 0 saturated carbocycles. The Labute approximate surface area is 110 Å². The number of nitrogens with two attached hydrogens (primary N) is 1. The molecule has 0 aliphatic heterocycles. The molecule has 2 unspecified atom stereocenters. The Bertz CT molecular complexity index is 374. The number of aliphatic hydroxyl groups excluding tert-OH is 1. The van der Waals surface area contributed by atoms with Crippen LogP contribution in [0.2, 0.25) is 0 Å². The van der Waals surface area contributed by atoms with Gasteiger partial charge in [-0.2, -0.15) is 0 Å². The van der Waals surface area contributed by atoms with Gasteiger partial charge in [-0.3, -0.25) is 0 Å². The van der Waals surface area contributed by atoms with Gasteiger partial charge in [-0.15, -0.1) is 0 Å². The summed E-state index contributed by atoms with van der Waals surface area (Å²) in [6, 6.07) is 4.01. The molecule has 5 heteroatoms. The third-order valence-electron chi connectivity index (χ3n) is 2.59. The van der Waals surface area contributed by atoms with Gasteiger partial charge < -0.3 is 15.7 Å². The second kappa shape index (κ2) is 6.44. The zero-order chi connectivity index (χ0) is 13.0. The van der Waals surface area contributed by atoms with E-state index in [0.717, 1.165) is 11.0 Å². The van der Waals surface area contributed by atoms with Gasteiger partial charge in [0.15, 0.2) is 0 Å². The van der Waals surface area contributed by atoms with Crippen LogP contribution in [0.1, 0.15) is 18.1 Å². The van der Waals surface area contributed by atoms with Crippen LogP contribution in [-0.4, -0.2) is 36.7 Å². The molecule has 0 spiro atoms. The molecule has 3 nitrogen and oxygen atoms in total. The zero-order valence-electron chi connectivity index (χ0n) is 10.0. The van der Waals surface area contributed by atoms with Crippen LogP contribution in [0.5, 0.6) is 0 Å². The van der Waals surface area contributed by atoms with Crippen molar-refractivity contribution in [1.82, 2.24) is 4.90 Å². The second-order valence-electron chi connectivity index (χ2n) is 4.37. The van der Waals surface area contributed by atoms with Crippen LogP contribution in [0.25, 0.3) is 0 Å². The number of rotatable bonds is 5. The topological polar surface area (TPSA) is 49.5 Å². The lowest BCUT2D eigenvalue weighted by Gasteiger charge is -2.21. The van der Waals surface area contributed by atoms with Gasteiger partial charge in [-0.25, -0.2) is 4.39 Å². The molecule has 0 saturated heterocycles. The van der Waals surface area contributed by atoms with Gasteiger partial charge in [-0.05, 0) is 45.3 Å². The fourth-order valence-electron chi connectivity index (χ4n) is 1.54. The van der Waals surface area contributed by atoms with E-state index in [1.165, 1.54) is 6.07 Å². The average Bonchev–Trinajstić information content (AvgIpc) is 2.28. The quantitative estimate of drug-likeness (QED) is 0.873. The van der Waals surface area contributed by atoms with E-state index in [2.05, 4.69) is 15.9 Å². The highest BCUT2D eigenvalue weighted by molar-refractivity contribution is 9.10. The van der Waals surface area contributed by atoms with Gasteiger partial charge in [0, 0.05) is 16.1 Å². The summed E-state index contributed by atoms with van der Waals surface area (Å²) in [5.41, 5.74) is 6.10. The Morgan fingerprint density at radius 2 is 2.12 bits per heavy atom. The minimum atomic E-state index is -0.979. The standard InChI is InChI=1S/C12H18BrFN2O/c1-16(2)6-5-11(15)12(17)9-7-8(13)3-4-10(9)14/h3-4,7,11-12,17H,5-6,15H2,1-2H3. The van der Waals surface area contributed by atoms with Crippen molar-refractivity contribution >= 4 is 15.9 Å². The van der Waals surface area contributed by atoms with E-state index < -0.39 is 18.0 Å². The predicted molar refractivity (Wildman–Crippen MR) is 70.2 cm³/mol. The summed E-state index contributed by atoms with van der Waals surface area (Å²) in [6.07, 6.45) is -0.368. The van der Waals surface area contributed by atoms with Gasteiger partial charge >= 0.3 is 0 Å². The van der Waals surface area contributed by atoms with Gasteiger partial charge in [0.05, 0.1) is 6.10 Å². The summed E-state index contributed by atoms with van der Waals surface area (Å²) < 4.78 is 14.3. The molecule has 0 aliphatic rings. The summed E-state index contributed by atoms with van der Waals surface area (Å²) in [5.74, 6) is -0.430. The molecule has 0 fully saturated rings. The lowest BCUT2D eigenvalue weighted by Crippen LogP contribution is -2.32. The number of halogens is 2. The van der Waals surface area contributed by atoms with E-state index in [0.29, 0.717) is 6.42 Å². The monoisotopic (exact) mass is 304 g/mol. The van der Waals surface area contributed by atoms with Crippen LogP contribution >= 0.6 is 15.9 Å². The zero-order valence-corrected chi connectivity index (χ0v) is 11.6. The molecule has 3 N–H and O–H groups in total. The number of benzene rings is 1. The molecule has 0 bridgehead atoms. The first-order valence-electron chi connectivity index (χ1n) is 5.45. The molecule has 0 aliphatic carbocycles. The molecule has 1 rings (SSSR count). The van der Waals surface area contributed by atoms with E-state index in [1.807, 2.05) is 19.0 Å². The van der Waals surface area contributed by atoms with Crippen LogP contribution in [-0.2, 0) is 0 Å². The van der Waals surface area contributed by atoms with Crippen molar-refractivity contribution < 1.29 is 9.50 Å². The first-order valence-corrected chi connectivity index (χ1v) is 6.24. The van der Waals surface area contributed by atoms with E-state index in [9.17, 15) is 9.50 Å². The van der Waals surface area contributed by atoms with Crippen LogP contribution < -0.4 is 5.73 Å². The van der Waals surface area contributed by atoms with Crippen molar-refractivity contribution in [2.75, 3.05) is 20.6 Å². The van der Waals surface area contributed by atoms with Crippen molar-refractivity contribution in [3.05, 3.63) is 34.1 Å². The highest BCUT2D eigenvalue weighted by Crippen LogP contribution is 2.24. The molecular weight excluding hydrogens is 287 g/mol. The predicted octanol–water partition coefficient (Wildman–Crippen LogP) is 1.90. The van der Waals surface area contributed by atoms with Gasteiger partial charge in [0.25, 0.3) is 0 Å². The number of hydrogen-bond donors (Lipinski definition) is 2. The van der Waals surface area contributed by atoms with E-state index in [1.54, 1.807) is 12.1 Å². The van der Waals surface area contributed by atoms with Gasteiger partial charge in [-0.1, -0.05) is 15.9 Å². The van der Waals surface area contributed by atoms with Crippen molar-refractivity contribution in [2.45, 2.75) is 18.6 Å². The van der Waals surface area contributed by atoms with Gasteiger partial charge in [0.1, 0.15) is 5.82 Å². The van der Waals surface area contributed by atoms with E-state index in [-0.39, 0.29) is 5.56 Å². The third kappa shape index (κ3) is 4.35. The maximum Gasteiger partial charge on any atom is 0.129 e. The molecular formula is C12H18BrFN2O. The Kier molecular flexibility index (Phi) is 5.52. The molecule has 0 radical (unpaired) electrons. The fraction of sp³-hybridized carbons (Fsp3) is 0.500.